The molecule has 0 aliphatic rings. The second kappa shape index (κ2) is 7.61. The van der Waals surface area contributed by atoms with Gasteiger partial charge in [0.1, 0.15) is 5.00 Å². The van der Waals surface area contributed by atoms with Gasteiger partial charge in [0.15, 0.2) is 5.11 Å². The number of thiophene rings is 1. The number of nitrogens with one attached hydrogen (secondary N) is 2. The van der Waals surface area contributed by atoms with Crippen molar-refractivity contribution in [3.8, 4) is 0 Å². The highest BCUT2D eigenvalue weighted by Crippen LogP contribution is 2.33. The first-order valence-corrected chi connectivity index (χ1v) is 8.94. The fourth-order valence-electron chi connectivity index (χ4n) is 1.90. The highest BCUT2D eigenvalue weighted by atomic mass is 79.9. The maximum absolute atomic E-state index is 11.9. The molecular weight excluding hydrogens is 420 g/mol. The Hall–Kier alpha value is -1.15. The molecule has 122 valence electrons. The molecule has 1 heterocycles. The molecule has 0 aliphatic carbocycles. The van der Waals surface area contributed by atoms with Crippen molar-refractivity contribution in [1.82, 2.24) is 0 Å². The summed E-state index contributed by atoms with van der Waals surface area (Å²) in [5.41, 5.74) is 2.15. The van der Waals surface area contributed by atoms with Crippen LogP contribution >= 0.6 is 51.1 Å². The van der Waals surface area contributed by atoms with Crippen LogP contribution in [0.3, 0.4) is 0 Å². The number of aryl methyl sites for hydroxylation is 1. The van der Waals surface area contributed by atoms with Gasteiger partial charge in [-0.3, -0.25) is 0 Å². The van der Waals surface area contributed by atoms with Gasteiger partial charge in [0.05, 0.1) is 17.7 Å². The largest absolute Gasteiger partial charge is 0.465 e. The molecule has 0 amide bonds. The second-order valence-electron chi connectivity index (χ2n) is 4.69. The summed E-state index contributed by atoms with van der Waals surface area (Å²) < 4.78 is 5.65. The number of benzene rings is 1. The standard InChI is InChI=1S/C15H14BrClN2O2S2/c1-7-8(2)23-13(12(7)14(20)21-3)19-15(22)18-9-4-5-10(16)11(17)6-9/h4-6H,1-3H3,(H2,18,19,22). The first-order chi connectivity index (χ1) is 10.8. The van der Waals surface area contributed by atoms with Crippen LogP contribution in [0.2, 0.25) is 5.02 Å². The van der Waals surface area contributed by atoms with Gasteiger partial charge in [-0.25, -0.2) is 4.79 Å². The summed E-state index contributed by atoms with van der Waals surface area (Å²) in [5.74, 6) is -0.385. The van der Waals surface area contributed by atoms with Gasteiger partial charge in [0.2, 0.25) is 0 Å². The van der Waals surface area contributed by atoms with Crippen LogP contribution in [0, 0.1) is 13.8 Å². The fourth-order valence-corrected chi connectivity index (χ4v) is 3.67. The van der Waals surface area contributed by atoms with Gasteiger partial charge in [0.25, 0.3) is 0 Å². The molecular formula is C15H14BrClN2O2S2. The number of rotatable bonds is 3. The molecule has 2 aromatic rings. The van der Waals surface area contributed by atoms with E-state index < -0.39 is 0 Å². The summed E-state index contributed by atoms with van der Waals surface area (Å²) in [7, 11) is 1.36. The van der Waals surface area contributed by atoms with Crippen molar-refractivity contribution in [3.63, 3.8) is 0 Å². The first kappa shape index (κ1) is 18.2. The maximum Gasteiger partial charge on any atom is 0.341 e. The quantitative estimate of drug-likeness (QED) is 0.503. The molecule has 0 fully saturated rings. The summed E-state index contributed by atoms with van der Waals surface area (Å²) >= 11 is 16.2. The lowest BCUT2D eigenvalue weighted by molar-refractivity contribution is 0.0601. The zero-order chi connectivity index (χ0) is 17.1. The summed E-state index contributed by atoms with van der Waals surface area (Å²) in [6, 6.07) is 5.43. The van der Waals surface area contributed by atoms with Crippen LogP contribution in [-0.2, 0) is 4.74 Å². The number of carbonyl (C=O) groups is 1. The summed E-state index contributed by atoms with van der Waals surface area (Å²) in [6.45, 7) is 3.83. The third-order valence-electron chi connectivity index (χ3n) is 3.18. The van der Waals surface area contributed by atoms with E-state index >= 15 is 0 Å². The minimum Gasteiger partial charge on any atom is -0.465 e. The number of thiocarbonyl (C=S) groups is 1. The van der Waals surface area contributed by atoms with Gasteiger partial charge in [-0.05, 0) is 65.8 Å². The Bertz CT molecular complexity index is 777. The minimum atomic E-state index is -0.385. The normalized spacial score (nSPS) is 10.3. The average Bonchev–Trinajstić information content (AvgIpc) is 2.76. The monoisotopic (exact) mass is 432 g/mol. The van der Waals surface area contributed by atoms with E-state index in [1.807, 2.05) is 26.0 Å². The number of hydrogen-bond donors (Lipinski definition) is 2. The van der Waals surface area contributed by atoms with E-state index in [0.29, 0.717) is 20.7 Å². The third-order valence-corrected chi connectivity index (χ3v) is 5.74. The second-order valence-corrected chi connectivity index (χ2v) is 7.58. The van der Waals surface area contributed by atoms with Crippen molar-refractivity contribution in [1.29, 1.82) is 0 Å². The Morgan fingerprint density at radius 3 is 2.65 bits per heavy atom. The smallest absolute Gasteiger partial charge is 0.341 e. The van der Waals surface area contributed by atoms with E-state index in [0.717, 1.165) is 20.6 Å². The lowest BCUT2D eigenvalue weighted by atomic mass is 10.1. The molecule has 0 bridgehead atoms. The lowest BCUT2D eigenvalue weighted by Gasteiger charge is -2.11. The van der Waals surface area contributed by atoms with Crippen LogP contribution in [-0.4, -0.2) is 18.2 Å². The zero-order valence-electron chi connectivity index (χ0n) is 12.6. The van der Waals surface area contributed by atoms with Gasteiger partial charge in [-0.1, -0.05) is 11.6 Å². The fraction of sp³-hybridized carbons (Fsp3) is 0.200. The number of halogens is 2. The molecule has 23 heavy (non-hydrogen) atoms. The van der Waals surface area contributed by atoms with Crippen LogP contribution in [0.5, 0.6) is 0 Å². The number of esters is 1. The predicted molar refractivity (Wildman–Crippen MR) is 104 cm³/mol. The van der Waals surface area contributed by atoms with Gasteiger partial charge in [-0.2, -0.15) is 0 Å². The molecule has 0 atom stereocenters. The molecule has 0 radical (unpaired) electrons. The molecule has 1 aromatic heterocycles. The average molecular weight is 434 g/mol. The minimum absolute atomic E-state index is 0.370. The van der Waals surface area contributed by atoms with Crippen molar-refractivity contribution in [2.75, 3.05) is 17.7 Å². The first-order valence-electron chi connectivity index (χ1n) is 6.54. The number of anilines is 2. The highest BCUT2D eigenvalue weighted by molar-refractivity contribution is 9.10. The molecule has 2 rings (SSSR count). The third kappa shape index (κ3) is 4.23. The molecule has 1 aromatic carbocycles. The van der Waals surface area contributed by atoms with Crippen LogP contribution in [0.15, 0.2) is 22.7 Å². The molecule has 2 N–H and O–H groups in total. The Balaban J connectivity index is 2.18. The van der Waals surface area contributed by atoms with E-state index in [9.17, 15) is 4.79 Å². The maximum atomic E-state index is 11.9. The molecule has 0 saturated carbocycles. The molecule has 4 nitrogen and oxygen atoms in total. The Morgan fingerprint density at radius 1 is 1.35 bits per heavy atom. The summed E-state index contributed by atoms with van der Waals surface area (Å²) in [6.07, 6.45) is 0. The molecule has 0 unspecified atom stereocenters. The van der Waals surface area contributed by atoms with Crippen molar-refractivity contribution in [2.24, 2.45) is 0 Å². The van der Waals surface area contributed by atoms with Gasteiger partial charge < -0.3 is 15.4 Å². The van der Waals surface area contributed by atoms with Crippen molar-refractivity contribution in [3.05, 3.63) is 43.7 Å². The number of ether oxygens (including phenoxy) is 1. The molecule has 0 saturated heterocycles. The van der Waals surface area contributed by atoms with E-state index in [-0.39, 0.29) is 5.97 Å². The van der Waals surface area contributed by atoms with E-state index in [2.05, 4.69) is 26.6 Å². The molecule has 8 heteroatoms. The van der Waals surface area contributed by atoms with Gasteiger partial charge >= 0.3 is 5.97 Å². The van der Waals surface area contributed by atoms with E-state index in [1.165, 1.54) is 18.4 Å². The highest BCUT2D eigenvalue weighted by Gasteiger charge is 2.20. The van der Waals surface area contributed by atoms with Crippen LogP contribution in [0.1, 0.15) is 20.8 Å². The van der Waals surface area contributed by atoms with E-state index in [4.69, 9.17) is 28.6 Å². The van der Waals surface area contributed by atoms with Gasteiger partial charge in [-0.15, -0.1) is 11.3 Å². The zero-order valence-corrected chi connectivity index (χ0v) is 16.6. The molecule has 0 spiro atoms. The SMILES string of the molecule is COC(=O)c1c(NC(=S)Nc2ccc(Br)c(Cl)c2)sc(C)c1C. The van der Waals surface area contributed by atoms with Crippen molar-refractivity contribution < 1.29 is 9.53 Å². The number of methoxy groups -OCH3 is 1. The van der Waals surface area contributed by atoms with Gasteiger partial charge in [0, 0.05) is 15.0 Å². The van der Waals surface area contributed by atoms with Crippen LogP contribution in [0.4, 0.5) is 10.7 Å². The van der Waals surface area contributed by atoms with E-state index in [1.54, 1.807) is 6.07 Å². The summed E-state index contributed by atoms with van der Waals surface area (Å²) in [5, 5.41) is 7.70. The van der Waals surface area contributed by atoms with Crippen LogP contribution in [0.25, 0.3) is 0 Å². The van der Waals surface area contributed by atoms with Crippen molar-refractivity contribution in [2.45, 2.75) is 13.8 Å². The number of carbonyl (C=O) groups excluding carboxylic acids is 1. The van der Waals surface area contributed by atoms with Crippen LogP contribution < -0.4 is 10.6 Å². The Morgan fingerprint density at radius 2 is 2.04 bits per heavy atom. The summed E-state index contributed by atoms with van der Waals surface area (Å²) in [4.78, 5) is 13.0. The van der Waals surface area contributed by atoms with Crippen molar-refractivity contribution >= 4 is 72.9 Å². The number of hydrogen-bond acceptors (Lipinski definition) is 4. The lowest BCUT2D eigenvalue weighted by Crippen LogP contribution is -2.20. The Labute approximate surface area is 157 Å². The topological polar surface area (TPSA) is 50.4 Å². The Kier molecular flexibility index (Phi) is 6.02. The predicted octanol–water partition coefficient (Wildman–Crippen LogP) is 5.38. The molecule has 0 aliphatic heterocycles.